The molecule has 0 saturated carbocycles. The molecule has 1 aliphatic rings. The Morgan fingerprint density at radius 1 is 1.48 bits per heavy atom. The number of nitrogens with two attached hydrogens (primary N) is 1. The molecule has 1 aliphatic heterocycles. The number of likely N-dealkylation sites (tertiary alicyclic amines) is 1. The van der Waals surface area contributed by atoms with Crippen molar-refractivity contribution in [3.05, 3.63) is 28.3 Å². The number of aryl methyl sites for hydroxylation is 2. The zero-order valence-electron chi connectivity index (χ0n) is 12.9. The van der Waals surface area contributed by atoms with E-state index >= 15 is 0 Å². The van der Waals surface area contributed by atoms with Gasteiger partial charge in [0, 0.05) is 12.6 Å². The van der Waals surface area contributed by atoms with Crippen LogP contribution in [0.1, 0.15) is 24.5 Å². The largest absolute Gasteiger partial charge is 0.330 e. The molecule has 0 aliphatic carbocycles. The summed E-state index contributed by atoms with van der Waals surface area (Å²) in [5, 5.41) is 3.53. The standard InChI is InChI=1S/C16H24ClN3O/c1-10-4-11(2)16(14(17)5-10)19-15(21)9-20-8-13(7-18)6-12(20)3/h4-5,12-13H,6-9,18H2,1-3H3,(H,19,21). The summed E-state index contributed by atoms with van der Waals surface area (Å²) in [6, 6.07) is 4.29. The van der Waals surface area contributed by atoms with E-state index < -0.39 is 0 Å². The molecule has 1 fully saturated rings. The van der Waals surface area contributed by atoms with E-state index in [0.29, 0.717) is 30.1 Å². The SMILES string of the molecule is Cc1cc(C)c(NC(=O)CN2CC(CN)CC2C)c(Cl)c1. The van der Waals surface area contributed by atoms with Crippen LogP contribution in [-0.2, 0) is 4.79 Å². The van der Waals surface area contributed by atoms with Crippen molar-refractivity contribution in [3.8, 4) is 0 Å². The molecule has 0 bridgehead atoms. The Kier molecular flexibility index (Phi) is 5.25. The van der Waals surface area contributed by atoms with E-state index in [1.54, 1.807) is 0 Å². The average Bonchev–Trinajstić information content (AvgIpc) is 2.74. The van der Waals surface area contributed by atoms with Gasteiger partial charge >= 0.3 is 0 Å². The van der Waals surface area contributed by atoms with Crippen LogP contribution in [0.2, 0.25) is 5.02 Å². The molecule has 3 N–H and O–H groups in total. The van der Waals surface area contributed by atoms with E-state index in [4.69, 9.17) is 17.3 Å². The van der Waals surface area contributed by atoms with Crippen LogP contribution in [0.25, 0.3) is 0 Å². The van der Waals surface area contributed by atoms with Gasteiger partial charge in [-0.2, -0.15) is 0 Å². The number of hydrogen-bond donors (Lipinski definition) is 2. The van der Waals surface area contributed by atoms with Gasteiger partial charge in [0.05, 0.1) is 17.3 Å². The van der Waals surface area contributed by atoms with E-state index in [1.807, 2.05) is 26.0 Å². The van der Waals surface area contributed by atoms with Crippen molar-refractivity contribution in [2.75, 3.05) is 25.0 Å². The van der Waals surface area contributed by atoms with Crippen LogP contribution in [0.4, 0.5) is 5.69 Å². The topological polar surface area (TPSA) is 58.4 Å². The Labute approximate surface area is 131 Å². The lowest BCUT2D eigenvalue weighted by molar-refractivity contribution is -0.117. The number of hydrogen-bond acceptors (Lipinski definition) is 3. The summed E-state index contributed by atoms with van der Waals surface area (Å²) in [6.45, 7) is 8.06. The molecule has 2 unspecified atom stereocenters. The lowest BCUT2D eigenvalue weighted by Crippen LogP contribution is -2.36. The molecule has 2 rings (SSSR count). The van der Waals surface area contributed by atoms with Crippen molar-refractivity contribution in [3.63, 3.8) is 0 Å². The third kappa shape index (κ3) is 3.96. The smallest absolute Gasteiger partial charge is 0.238 e. The Morgan fingerprint density at radius 2 is 2.19 bits per heavy atom. The second kappa shape index (κ2) is 6.77. The first kappa shape index (κ1) is 16.3. The molecule has 1 aromatic carbocycles. The van der Waals surface area contributed by atoms with Crippen molar-refractivity contribution in [2.45, 2.75) is 33.2 Å². The second-order valence-corrected chi connectivity index (χ2v) is 6.51. The molecule has 1 saturated heterocycles. The number of nitrogens with one attached hydrogen (secondary N) is 1. The number of carbonyl (C=O) groups is 1. The highest BCUT2D eigenvalue weighted by molar-refractivity contribution is 6.34. The first-order chi connectivity index (χ1) is 9.90. The number of rotatable bonds is 4. The molecule has 0 aromatic heterocycles. The summed E-state index contributed by atoms with van der Waals surface area (Å²) in [4.78, 5) is 14.4. The summed E-state index contributed by atoms with van der Waals surface area (Å²) >= 11 is 6.22. The normalized spacial score (nSPS) is 22.5. The molecule has 21 heavy (non-hydrogen) atoms. The van der Waals surface area contributed by atoms with Gasteiger partial charge in [0.1, 0.15) is 0 Å². The fraction of sp³-hybridized carbons (Fsp3) is 0.562. The van der Waals surface area contributed by atoms with Crippen LogP contribution < -0.4 is 11.1 Å². The minimum absolute atomic E-state index is 0.0200. The third-order valence-corrected chi connectivity index (χ3v) is 4.46. The maximum Gasteiger partial charge on any atom is 0.238 e. The van der Waals surface area contributed by atoms with Gasteiger partial charge in [-0.05, 0) is 56.8 Å². The van der Waals surface area contributed by atoms with Gasteiger partial charge in [-0.3, -0.25) is 9.69 Å². The van der Waals surface area contributed by atoms with Gasteiger partial charge in [-0.1, -0.05) is 17.7 Å². The number of carbonyl (C=O) groups excluding carboxylic acids is 1. The predicted octanol–water partition coefficient (Wildman–Crippen LogP) is 2.56. The Bertz CT molecular complexity index is 509. The molecular formula is C16H24ClN3O. The second-order valence-electron chi connectivity index (χ2n) is 6.10. The first-order valence-corrected chi connectivity index (χ1v) is 7.79. The molecular weight excluding hydrogens is 286 g/mol. The van der Waals surface area contributed by atoms with Gasteiger partial charge in [-0.15, -0.1) is 0 Å². The maximum atomic E-state index is 12.3. The van der Waals surface area contributed by atoms with Crippen molar-refractivity contribution in [2.24, 2.45) is 11.7 Å². The van der Waals surface area contributed by atoms with Crippen molar-refractivity contribution >= 4 is 23.2 Å². The Morgan fingerprint density at radius 3 is 2.76 bits per heavy atom. The summed E-state index contributed by atoms with van der Waals surface area (Å²) in [5.41, 5.74) is 8.52. The van der Waals surface area contributed by atoms with Crippen molar-refractivity contribution in [1.29, 1.82) is 0 Å². The van der Waals surface area contributed by atoms with E-state index in [0.717, 1.165) is 29.8 Å². The monoisotopic (exact) mass is 309 g/mol. The summed E-state index contributed by atoms with van der Waals surface area (Å²) in [5.74, 6) is 0.478. The van der Waals surface area contributed by atoms with E-state index in [1.165, 1.54) is 0 Å². The zero-order chi connectivity index (χ0) is 15.6. The van der Waals surface area contributed by atoms with Crippen LogP contribution in [0.3, 0.4) is 0 Å². The summed E-state index contributed by atoms with van der Waals surface area (Å²) < 4.78 is 0. The van der Waals surface area contributed by atoms with Gasteiger partial charge in [0.25, 0.3) is 0 Å². The molecule has 0 spiro atoms. The third-order valence-electron chi connectivity index (χ3n) is 4.17. The van der Waals surface area contributed by atoms with Crippen LogP contribution in [-0.4, -0.2) is 36.5 Å². The summed E-state index contributed by atoms with van der Waals surface area (Å²) in [7, 11) is 0. The van der Waals surface area contributed by atoms with E-state index in [-0.39, 0.29) is 5.91 Å². The predicted molar refractivity (Wildman–Crippen MR) is 87.8 cm³/mol. The lowest BCUT2D eigenvalue weighted by Gasteiger charge is -2.21. The highest BCUT2D eigenvalue weighted by Crippen LogP contribution is 2.27. The minimum Gasteiger partial charge on any atom is -0.330 e. The average molecular weight is 310 g/mol. The fourth-order valence-corrected chi connectivity index (χ4v) is 3.41. The molecule has 116 valence electrons. The number of benzene rings is 1. The first-order valence-electron chi connectivity index (χ1n) is 7.41. The molecule has 1 amide bonds. The summed E-state index contributed by atoms with van der Waals surface area (Å²) in [6.07, 6.45) is 1.06. The zero-order valence-corrected chi connectivity index (χ0v) is 13.7. The molecule has 0 radical (unpaired) electrons. The molecule has 1 heterocycles. The number of anilines is 1. The maximum absolute atomic E-state index is 12.3. The van der Waals surface area contributed by atoms with Crippen LogP contribution in [0.5, 0.6) is 0 Å². The quantitative estimate of drug-likeness (QED) is 0.898. The molecule has 2 atom stereocenters. The van der Waals surface area contributed by atoms with Gasteiger partial charge in [0.15, 0.2) is 0 Å². The van der Waals surface area contributed by atoms with Gasteiger partial charge in [0.2, 0.25) is 5.91 Å². The van der Waals surface area contributed by atoms with Crippen LogP contribution in [0, 0.1) is 19.8 Å². The molecule has 4 nitrogen and oxygen atoms in total. The Balaban J connectivity index is 2.00. The lowest BCUT2D eigenvalue weighted by atomic mass is 10.1. The van der Waals surface area contributed by atoms with Crippen LogP contribution >= 0.6 is 11.6 Å². The number of amides is 1. The molecule has 1 aromatic rings. The fourth-order valence-electron chi connectivity index (χ4n) is 3.05. The highest BCUT2D eigenvalue weighted by atomic mass is 35.5. The van der Waals surface area contributed by atoms with Crippen molar-refractivity contribution < 1.29 is 4.79 Å². The minimum atomic E-state index is -0.0200. The van der Waals surface area contributed by atoms with Crippen molar-refractivity contribution in [1.82, 2.24) is 4.90 Å². The Hall–Kier alpha value is -1.10. The van der Waals surface area contributed by atoms with Gasteiger partial charge in [-0.25, -0.2) is 0 Å². The van der Waals surface area contributed by atoms with Gasteiger partial charge < -0.3 is 11.1 Å². The van der Waals surface area contributed by atoms with Crippen LogP contribution in [0.15, 0.2) is 12.1 Å². The van der Waals surface area contributed by atoms with E-state index in [2.05, 4.69) is 17.1 Å². The number of halogens is 1. The highest BCUT2D eigenvalue weighted by Gasteiger charge is 2.29. The number of nitrogens with zero attached hydrogens (tertiary/aromatic N) is 1. The molecule has 5 heteroatoms. The van der Waals surface area contributed by atoms with E-state index in [9.17, 15) is 4.79 Å².